The standard InChI is InChI=1S/C13H11F6N3O4/c1-26-10(23)7-4-8(22(24)25)9(20-5-7)21-3-2-11(6-21,12(14,15)16)13(17,18)19/h4-5H,2-3,6H2,1H3. The lowest BCUT2D eigenvalue weighted by Gasteiger charge is -2.33. The monoisotopic (exact) mass is 387 g/mol. The first kappa shape index (κ1) is 19.7. The molecule has 0 unspecified atom stereocenters. The topological polar surface area (TPSA) is 85.6 Å². The van der Waals surface area contributed by atoms with E-state index in [9.17, 15) is 41.3 Å². The molecule has 0 N–H and O–H groups in total. The summed E-state index contributed by atoms with van der Waals surface area (Å²) in [5, 5.41) is 11.1. The molecular formula is C13H11F6N3O4. The van der Waals surface area contributed by atoms with Crippen LogP contribution in [0.1, 0.15) is 16.8 Å². The summed E-state index contributed by atoms with van der Waals surface area (Å²) >= 11 is 0. The van der Waals surface area contributed by atoms with E-state index in [0.29, 0.717) is 11.0 Å². The van der Waals surface area contributed by atoms with Crippen LogP contribution in [-0.2, 0) is 4.74 Å². The minimum atomic E-state index is -5.60. The summed E-state index contributed by atoms with van der Waals surface area (Å²) in [7, 11) is 0.990. The summed E-state index contributed by atoms with van der Waals surface area (Å²) in [6.45, 7) is -2.31. The van der Waals surface area contributed by atoms with Crippen molar-refractivity contribution in [1.29, 1.82) is 0 Å². The first-order chi connectivity index (χ1) is 11.8. The normalized spacial score (nSPS) is 17.3. The minimum absolute atomic E-state index is 0.361. The predicted octanol–water partition coefficient (Wildman–Crippen LogP) is 3.10. The lowest BCUT2D eigenvalue weighted by atomic mass is 9.85. The van der Waals surface area contributed by atoms with Gasteiger partial charge in [-0.1, -0.05) is 0 Å². The Bertz CT molecular complexity index is 720. The maximum Gasteiger partial charge on any atom is 0.404 e. The van der Waals surface area contributed by atoms with Crippen molar-refractivity contribution >= 4 is 17.5 Å². The number of esters is 1. The number of ether oxygens (including phenoxy) is 1. The van der Waals surface area contributed by atoms with Gasteiger partial charge in [0.1, 0.15) is 0 Å². The average molecular weight is 387 g/mol. The molecule has 26 heavy (non-hydrogen) atoms. The van der Waals surface area contributed by atoms with Crippen LogP contribution in [0, 0.1) is 15.5 Å². The molecule has 2 rings (SSSR count). The van der Waals surface area contributed by atoms with Crippen molar-refractivity contribution in [3.8, 4) is 0 Å². The summed E-state index contributed by atoms with van der Waals surface area (Å²) in [6, 6.07) is 0.690. The lowest BCUT2D eigenvalue weighted by Crippen LogP contribution is -2.51. The van der Waals surface area contributed by atoms with E-state index in [4.69, 9.17) is 0 Å². The molecule has 0 aliphatic carbocycles. The summed E-state index contributed by atoms with van der Waals surface area (Å²) in [4.78, 5) is 25.6. The zero-order valence-corrected chi connectivity index (χ0v) is 13.0. The maximum atomic E-state index is 13.1. The van der Waals surface area contributed by atoms with Crippen LogP contribution in [0.5, 0.6) is 0 Å². The SMILES string of the molecule is COC(=O)c1cnc(N2CCC(C(F)(F)F)(C(F)(F)F)C2)c([N+](=O)[O-])c1. The molecule has 0 radical (unpaired) electrons. The Kier molecular flexibility index (Phi) is 4.77. The number of anilines is 1. The Morgan fingerprint density at radius 1 is 1.31 bits per heavy atom. The van der Waals surface area contributed by atoms with Crippen molar-refractivity contribution in [2.24, 2.45) is 5.41 Å². The van der Waals surface area contributed by atoms with Gasteiger partial charge in [-0.15, -0.1) is 0 Å². The summed E-state index contributed by atoms with van der Waals surface area (Å²) in [5.74, 6) is -1.67. The molecular weight excluding hydrogens is 376 g/mol. The van der Waals surface area contributed by atoms with Crippen LogP contribution < -0.4 is 4.90 Å². The molecule has 1 aliphatic rings. The van der Waals surface area contributed by atoms with Crippen LogP contribution >= 0.6 is 0 Å². The number of alkyl halides is 6. The van der Waals surface area contributed by atoms with Gasteiger partial charge < -0.3 is 9.64 Å². The van der Waals surface area contributed by atoms with E-state index in [1.54, 1.807) is 0 Å². The predicted molar refractivity (Wildman–Crippen MR) is 73.6 cm³/mol. The quantitative estimate of drug-likeness (QED) is 0.343. The van der Waals surface area contributed by atoms with Gasteiger partial charge in [-0.3, -0.25) is 10.1 Å². The second-order valence-corrected chi connectivity index (χ2v) is 5.56. The molecule has 0 amide bonds. The largest absolute Gasteiger partial charge is 0.465 e. The second kappa shape index (κ2) is 6.29. The molecule has 13 heteroatoms. The average Bonchev–Trinajstić information content (AvgIpc) is 2.99. The van der Waals surface area contributed by atoms with Crippen molar-refractivity contribution in [1.82, 2.24) is 4.98 Å². The van der Waals surface area contributed by atoms with Gasteiger partial charge in [-0.05, 0) is 6.42 Å². The zero-order chi connectivity index (χ0) is 19.9. The van der Waals surface area contributed by atoms with E-state index in [1.165, 1.54) is 0 Å². The van der Waals surface area contributed by atoms with E-state index in [1.807, 2.05) is 0 Å². The highest BCUT2D eigenvalue weighted by Gasteiger charge is 2.72. The third kappa shape index (κ3) is 3.12. The van der Waals surface area contributed by atoms with Gasteiger partial charge in [0.25, 0.3) is 0 Å². The number of aromatic nitrogens is 1. The molecule has 1 fully saturated rings. The van der Waals surface area contributed by atoms with Crippen molar-refractivity contribution < 1.29 is 40.8 Å². The fourth-order valence-corrected chi connectivity index (χ4v) is 2.67. The Labute approximate surface area is 141 Å². The van der Waals surface area contributed by atoms with Crippen molar-refractivity contribution in [2.75, 3.05) is 25.1 Å². The van der Waals surface area contributed by atoms with E-state index in [2.05, 4.69) is 9.72 Å². The Morgan fingerprint density at radius 2 is 1.88 bits per heavy atom. The number of hydrogen-bond donors (Lipinski definition) is 0. The zero-order valence-electron chi connectivity index (χ0n) is 13.0. The molecule has 1 aromatic heterocycles. The highest BCUT2D eigenvalue weighted by atomic mass is 19.4. The fraction of sp³-hybridized carbons (Fsp3) is 0.538. The number of pyridine rings is 1. The number of halogens is 6. The first-order valence-electron chi connectivity index (χ1n) is 6.95. The van der Waals surface area contributed by atoms with Gasteiger partial charge in [0.05, 0.1) is 17.6 Å². The maximum absolute atomic E-state index is 13.1. The van der Waals surface area contributed by atoms with E-state index in [-0.39, 0.29) is 5.56 Å². The third-order valence-electron chi connectivity index (χ3n) is 4.12. The van der Waals surface area contributed by atoms with Gasteiger partial charge in [0.15, 0.2) is 5.41 Å². The molecule has 1 aromatic rings. The van der Waals surface area contributed by atoms with Crippen LogP contribution in [-0.4, -0.2) is 48.4 Å². The van der Waals surface area contributed by atoms with Crippen LogP contribution in [0.15, 0.2) is 12.3 Å². The molecule has 1 aliphatic heterocycles. The van der Waals surface area contributed by atoms with Crippen LogP contribution in [0.2, 0.25) is 0 Å². The fourth-order valence-electron chi connectivity index (χ4n) is 2.67. The highest BCUT2D eigenvalue weighted by molar-refractivity contribution is 5.90. The van der Waals surface area contributed by atoms with Gasteiger partial charge in [0, 0.05) is 25.4 Å². The van der Waals surface area contributed by atoms with Crippen molar-refractivity contribution in [3.05, 3.63) is 27.9 Å². The first-order valence-corrected chi connectivity index (χ1v) is 6.95. The number of methoxy groups -OCH3 is 1. The van der Waals surface area contributed by atoms with Gasteiger partial charge in [0.2, 0.25) is 5.82 Å². The molecule has 2 heterocycles. The number of rotatable bonds is 3. The molecule has 0 saturated carbocycles. The smallest absolute Gasteiger partial charge is 0.404 e. The Morgan fingerprint density at radius 3 is 2.31 bits per heavy atom. The van der Waals surface area contributed by atoms with Gasteiger partial charge >= 0.3 is 24.0 Å². The lowest BCUT2D eigenvalue weighted by molar-refractivity contribution is -0.384. The molecule has 0 bridgehead atoms. The van der Waals surface area contributed by atoms with E-state index < -0.39 is 59.7 Å². The highest BCUT2D eigenvalue weighted by Crippen LogP contribution is 2.56. The minimum Gasteiger partial charge on any atom is -0.465 e. The van der Waals surface area contributed by atoms with Crippen molar-refractivity contribution in [2.45, 2.75) is 18.8 Å². The summed E-state index contributed by atoms with van der Waals surface area (Å²) in [5.41, 5.74) is -5.27. The molecule has 0 atom stereocenters. The van der Waals surface area contributed by atoms with E-state index in [0.717, 1.165) is 13.3 Å². The number of carbonyl (C=O) groups is 1. The third-order valence-corrected chi connectivity index (χ3v) is 4.12. The number of hydrogen-bond acceptors (Lipinski definition) is 6. The van der Waals surface area contributed by atoms with Gasteiger partial charge in [-0.25, -0.2) is 9.78 Å². The Balaban J connectivity index is 2.47. The molecule has 0 aromatic carbocycles. The molecule has 1 saturated heterocycles. The van der Waals surface area contributed by atoms with Crippen LogP contribution in [0.4, 0.5) is 37.8 Å². The second-order valence-electron chi connectivity index (χ2n) is 5.56. The molecule has 7 nitrogen and oxygen atoms in total. The van der Waals surface area contributed by atoms with Gasteiger partial charge in [-0.2, -0.15) is 26.3 Å². The Hall–Kier alpha value is -2.60. The van der Waals surface area contributed by atoms with Crippen LogP contribution in [0.25, 0.3) is 0 Å². The number of nitrogens with zero attached hydrogens (tertiary/aromatic N) is 3. The molecule has 144 valence electrons. The van der Waals surface area contributed by atoms with Crippen molar-refractivity contribution in [3.63, 3.8) is 0 Å². The summed E-state index contributed by atoms with van der Waals surface area (Å²) < 4.78 is 83.0. The summed E-state index contributed by atoms with van der Waals surface area (Å²) in [6.07, 6.45) is -11.7. The number of carbonyl (C=O) groups excluding carboxylic acids is 1. The number of nitro groups is 1. The van der Waals surface area contributed by atoms with Crippen LogP contribution in [0.3, 0.4) is 0 Å². The molecule has 0 spiro atoms. The van der Waals surface area contributed by atoms with E-state index >= 15 is 0 Å².